The molecule has 0 aliphatic carbocycles. The molecule has 28 heavy (non-hydrogen) atoms. The minimum Gasteiger partial charge on any atom is -0.443 e. The predicted octanol–water partition coefficient (Wildman–Crippen LogP) is 3.67. The molecule has 2 heterocycles. The minimum atomic E-state index is -3.84. The lowest BCUT2D eigenvalue weighted by Gasteiger charge is -2.16. The molecule has 0 saturated carbocycles. The van der Waals surface area contributed by atoms with Crippen LogP contribution in [0.4, 0.5) is 4.39 Å². The Bertz CT molecular complexity index is 1090. The second-order valence-corrected chi connectivity index (χ2v) is 8.83. The summed E-state index contributed by atoms with van der Waals surface area (Å²) in [7, 11) is -3.84. The number of fused-ring (bicyclic) bond motifs is 1. The van der Waals surface area contributed by atoms with Gasteiger partial charge in [-0.2, -0.15) is 4.31 Å². The summed E-state index contributed by atoms with van der Waals surface area (Å²) in [6.07, 6.45) is 0. The van der Waals surface area contributed by atoms with E-state index in [1.165, 1.54) is 22.5 Å². The topological polar surface area (TPSA) is 76.5 Å². The van der Waals surface area contributed by atoms with Crippen molar-refractivity contribution >= 4 is 33.4 Å². The van der Waals surface area contributed by atoms with Gasteiger partial charge in [-0.15, -0.1) is 12.4 Å². The van der Waals surface area contributed by atoms with E-state index in [9.17, 15) is 12.8 Å². The summed E-state index contributed by atoms with van der Waals surface area (Å²) in [6, 6.07) is 13.8. The SMILES string of the molecule is Cc1c(S(=O)(=O)N2C[C@@H](CN)[C@H](c3ccccc3)C2)oc2ccc(F)cc12.Cl. The number of nitrogens with zero attached hydrogens (tertiary/aromatic N) is 1. The molecule has 1 aliphatic rings. The van der Waals surface area contributed by atoms with Gasteiger partial charge in [0.15, 0.2) is 0 Å². The first-order chi connectivity index (χ1) is 12.9. The molecule has 4 rings (SSSR count). The zero-order valence-corrected chi connectivity index (χ0v) is 17.0. The number of nitrogens with two attached hydrogens (primary N) is 1. The molecule has 2 N–H and O–H groups in total. The van der Waals surface area contributed by atoms with E-state index in [-0.39, 0.29) is 29.3 Å². The Morgan fingerprint density at radius 2 is 1.89 bits per heavy atom. The van der Waals surface area contributed by atoms with Crippen LogP contribution in [0.2, 0.25) is 0 Å². The average Bonchev–Trinajstić information content (AvgIpc) is 3.25. The fourth-order valence-corrected chi connectivity index (χ4v) is 5.55. The Balaban J connectivity index is 0.00000225. The highest BCUT2D eigenvalue weighted by atomic mass is 35.5. The van der Waals surface area contributed by atoms with Crippen LogP contribution in [0, 0.1) is 18.7 Å². The molecular formula is C20H22ClFN2O3S. The summed E-state index contributed by atoms with van der Waals surface area (Å²) < 4.78 is 47.1. The van der Waals surface area contributed by atoms with Gasteiger partial charge < -0.3 is 10.2 Å². The van der Waals surface area contributed by atoms with Gasteiger partial charge in [-0.3, -0.25) is 0 Å². The monoisotopic (exact) mass is 424 g/mol. The van der Waals surface area contributed by atoms with E-state index in [1.807, 2.05) is 30.3 Å². The van der Waals surface area contributed by atoms with Crippen LogP contribution in [0.1, 0.15) is 17.0 Å². The van der Waals surface area contributed by atoms with Crippen molar-refractivity contribution in [2.75, 3.05) is 19.6 Å². The minimum absolute atomic E-state index is 0. The maximum absolute atomic E-state index is 13.5. The summed E-state index contributed by atoms with van der Waals surface area (Å²) in [6.45, 7) is 2.72. The van der Waals surface area contributed by atoms with Gasteiger partial charge in [-0.25, -0.2) is 12.8 Å². The molecule has 2 aromatic carbocycles. The fourth-order valence-electron chi connectivity index (χ4n) is 3.88. The first kappa shape index (κ1) is 20.8. The van der Waals surface area contributed by atoms with Crippen molar-refractivity contribution < 1.29 is 17.2 Å². The Morgan fingerprint density at radius 1 is 1.18 bits per heavy atom. The number of rotatable bonds is 4. The first-order valence-electron chi connectivity index (χ1n) is 8.85. The van der Waals surface area contributed by atoms with Crippen LogP contribution in [-0.2, 0) is 10.0 Å². The third-order valence-corrected chi connectivity index (χ3v) is 7.20. The average molecular weight is 425 g/mol. The van der Waals surface area contributed by atoms with Crippen molar-refractivity contribution in [2.45, 2.75) is 17.9 Å². The third kappa shape index (κ3) is 3.43. The van der Waals surface area contributed by atoms with Crippen LogP contribution in [0.5, 0.6) is 0 Å². The Kier molecular flexibility index (Phi) is 5.82. The fraction of sp³-hybridized carbons (Fsp3) is 0.300. The maximum Gasteiger partial charge on any atom is 0.276 e. The standard InChI is InChI=1S/C20H21FN2O3S.ClH/c1-13-17-9-16(21)7-8-19(17)26-20(13)27(24,25)23-11-15(10-22)18(12-23)14-5-3-2-4-6-14;/h2-9,15,18H,10-12,22H2,1H3;1H/t15-,18+;/m1./s1. The van der Waals surface area contributed by atoms with Gasteiger partial charge in [0.1, 0.15) is 11.4 Å². The molecule has 0 bridgehead atoms. The number of halogens is 2. The van der Waals surface area contributed by atoms with E-state index in [0.29, 0.717) is 36.2 Å². The molecule has 0 unspecified atom stereocenters. The molecule has 5 nitrogen and oxygen atoms in total. The number of sulfonamides is 1. The van der Waals surface area contributed by atoms with Gasteiger partial charge in [-0.05, 0) is 43.1 Å². The van der Waals surface area contributed by atoms with E-state index in [4.69, 9.17) is 10.2 Å². The molecule has 8 heteroatoms. The van der Waals surface area contributed by atoms with E-state index in [1.54, 1.807) is 6.92 Å². The van der Waals surface area contributed by atoms with Crippen molar-refractivity contribution in [1.29, 1.82) is 0 Å². The zero-order chi connectivity index (χ0) is 19.2. The lowest BCUT2D eigenvalue weighted by molar-refractivity contribution is 0.417. The summed E-state index contributed by atoms with van der Waals surface area (Å²) in [5, 5.41) is 0.357. The van der Waals surface area contributed by atoms with Crippen LogP contribution < -0.4 is 5.73 Å². The first-order valence-corrected chi connectivity index (χ1v) is 10.3. The van der Waals surface area contributed by atoms with E-state index in [2.05, 4.69) is 0 Å². The van der Waals surface area contributed by atoms with Crippen LogP contribution in [0.25, 0.3) is 11.0 Å². The molecule has 150 valence electrons. The van der Waals surface area contributed by atoms with Gasteiger partial charge in [0, 0.05) is 30.0 Å². The quantitative estimate of drug-likeness (QED) is 0.693. The van der Waals surface area contributed by atoms with Crippen molar-refractivity contribution in [2.24, 2.45) is 11.7 Å². The molecule has 0 spiro atoms. The van der Waals surface area contributed by atoms with Crippen molar-refractivity contribution in [3.63, 3.8) is 0 Å². The summed E-state index contributed by atoms with van der Waals surface area (Å²) >= 11 is 0. The van der Waals surface area contributed by atoms with E-state index in [0.717, 1.165) is 5.56 Å². The molecule has 0 amide bonds. The number of hydrogen-bond donors (Lipinski definition) is 1. The Labute approximate surface area is 169 Å². The number of furan rings is 1. The molecule has 3 aromatic rings. The molecule has 0 radical (unpaired) electrons. The zero-order valence-electron chi connectivity index (χ0n) is 15.3. The summed E-state index contributed by atoms with van der Waals surface area (Å²) in [4.78, 5) is 0. The third-order valence-electron chi connectivity index (χ3n) is 5.37. The smallest absolute Gasteiger partial charge is 0.276 e. The predicted molar refractivity (Wildman–Crippen MR) is 109 cm³/mol. The summed E-state index contributed by atoms with van der Waals surface area (Å²) in [5.41, 5.74) is 7.80. The van der Waals surface area contributed by atoms with Gasteiger partial charge in [0.05, 0.1) is 0 Å². The highest BCUT2D eigenvalue weighted by molar-refractivity contribution is 7.89. The Hall–Kier alpha value is -1.93. The van der Waals surface area contributed by atoms with Crippen molar-refractivity contribution in [1.82, 2.24) is 4.31 Å². The lowest BCUT2D eigenvalue weighted by atomic mass is 9.89. The van der Waals surface area contributed by atoms with Gasteiger partial charge >= 0.3 is 0 Å². The highest BCUT2D eigenvalue weighted by Crippen LogP contribution is 2.37. The van der Waals surface area contributed by atoms with Crippen LogP contribution in [0.3, 0.4) is 0 Å². The number of benzene rings is 2. The van der Waals surface area contributed by atoms with Crippen molar-refractivity contribution in [3.05, 3.63) is 65.5 Å². The molecule has 1 fully saturated rings. The van der Waals surface area contributed by atoms with Crippen LogP contribution in [-0.4, -0.2) is 32.4 Å². The van der Waals surface area contributed by atoms with Gasteiger partial charge in [0.25, 0.3) is 10.0 Å². The van der Waals surface area contributed by atoms with Crippen molar-refractivity contribution in [3.8, 4) is 0 Å². The molecular weight excluding hydrogens is 403 g/mol. The molecule has 1 aliphatic heterocycles. The largest absolute Gasteiger partial charge is 0.443 e. The van der Waals surface area contributed by atoms with Gasteiger partial charge in [0.2, 0.25) is 5.09 Å². The summed E-state index contributed by atoms with van der Waals surface area (Å²) in [5.74, 6) is -0.360. The molecule has 1 saturated heterocycles. The van der Waals surface area contributed by atoms with E-state index >= 15 is 0 Å². The lowest BCUT2D eigenvalue weighted by Crippen LogP contribution is -2.30. The normalized spacial score (nSPS) is 20.4. The maximum atomic E-state index is 13.5. The van der Waals surface area contributed by atoms with E-state index < -0.39 is 15.8 Å². The second kappa shape index (κ2) is 7.83. The van der Waals surface area contributed by atoms with Gasteiger partial charge in [-0.1, -0.05) is 30.3 Å². The van der Waals surface area contributed by atoms with Crippen LogP contribution >= 0.6 is 12.4 Å². The molecule has 1 aromatic heterocycles. The van der Waals surface area contributed by atoms with Crippen LogP contribution in [0.15, 0.2) is 58.0 Å². The Morgan fingerprint density at radius 3 is 2.57 bits per heavy atom. The second-order valence-electron chi connectivity index (χ2n) is 6.99. The number of hydrogen-bond acceptors (Lipinski definition) is 4. The highest BCUT2D eigenvalue weighted by Gasteiger charge is 2.41. The molecule has 2 atom stereocenters. The number of aryl methyl sites for hydroxylation is 1.